The number of hydrogen-bond donors (Lipinski definition) is 0. The van der Waals surface area contributed by atoms with Crippen LogP contribution in [0.15, 0.2) is 79.1 Å². The van der Waals surface area contributed by atoms with Crippen LogP contribution in [-0.4, -0.2) is 40.5 Å². The van der Waals surface area contributed by atoms with Crippen LogP contribution in [-0.2, 0) is 13.0 Å². The fourth-order valence-electron chi connectivity index (χ4n) is 4.53. The van der Waals surface area contributed by atoms with Crippen LogP contribution in [0.2, 0.25) is 0 Å². The first-order chi connectivity index (χ1) is 13.4. The van der Waals surface area contributed by atoms with E-state index in [0.29, 0.717) is 12.1 Å². The Bertz CT molecular complexity index is 848. The zero-order valence-electron chi connectivity index (χ0n) is 15.5. The number of fused-ring (bicyclic) bond motifs is 1. The average Bonchev–Trinajstić information content (AvgIpc) is 2.71. The minimum atomic E-state index is 0.349. The normalized spacial score (nSPS) is 18.3. The van der Waals surface area contributed by atoms with Crippen LogP contribution in [0.1, 0.15) is 28.3 Å². The molecular weight excluding hydrogens is 330 g/mol. The lowest BCUT2D eigenvalue weighted by molar-refractivity contribution is 0.00721. The molecule has 2 aliphatic rings. The zero-order valence-corrected chi connectivity index (χ0v) is 15.5. The zero-order chi connectivity index (χ0) is 18.1. The third-order valence-corrected chi connectivity index (χ3v) is 6.05. The summed E-state index contributed by atoms with van der Waals surface area (Å²) in [5.74, 6) is 0. The summed E-state index contributed by atoms with van der Waals surface area (Å²) >= 11 is 0. The molecule has 2 aliphatic heterocycles. The summed E-state index contributed by atoms with van der Waals surface area (Å²) < 4.78 is 0. The maximum absolute atomic E-state index is 4.32. The molecule has 0 aliphatic carbocycles. The molecule has 0 N–H and O–H groups in total. The average molecular weight is 355 g/mol. The lowest BCUT2D eigenvalue weighted by Gasteiger charge is -2.50. The van der Waals surface area contributed by atoms with Gasteiger partial charge in [-0.05, 0) is 34.7 Å². The molecule has 0 unspecified atom stereocenters. The van der Waals surface area contributed by atoms with Gasteiger partial charge in [0.2, 0.25) is 0 Å². The fraction of sp³-hybridized carbons (Fsp3) is 0.292. The van der Waals surface area contributed by atoms with Crippen LogP contribution < -0.4 is 0 Å². The van der Waals surface area contributed by atoms with Gasteiger partial charge in [-0.3, -0.25) is 14.8 Å². The molecule has 136 valence electrons. The summed E-state index contributed by atoms with van der Waals surface area (Å²) in [5.41, 5.74) is 5.65. The highest BCUT2D eigenvalue weighted by Gasteiger charge is 2.37. The maximum atomic E-state index is 4.32. The molecule has 0 radical (unpaired) electrons. The van der Waals surface area contributed by atoms with E-state index in [4.69, 9.17) is 0 Å². The van der Waals surface area contributed by atoms with Crippen molar-refractivity contribution >= 4 is 0 Å². The largest absolute Gasteiger partial charge is 0.293 e. The number of aromatic nitrogens is 1. The number of nitrogens with zero attached hydrogens (tertiary/aromatic N) is 3. The molecule has 3 aromatic rings. The third kappa shape index (κ3) is 3.29. The van der Waals surface area contributed by atoms with E-state index >= 15 is 0 Å². The highest BCUT2D eigenvalue weighted by molar-refractivity contribution is 5.33. The van der Waals surface area contributed by atoms with E-state index in [1.165, 1.54) is 22.3 Å². The summed E-state index contributed by atoms with van der Waals surface area (Å²) in [5, 5.41) is 0. The van der Waals surface area contributed by atoms with Crippen molar-refractivity contribution in [2.45, 2.75) is 25.0 Å². The van der Waals surface area contributed by atoms with Crippen LogP contribution in [0.3, 0.4) is 0 Å². The molecule has 2 aromatic carbocycles. The summed E-state index contributed by atoms with van der Waals surface area (Å²) in [4.78, 5) is 9.59. The van der Waals surface area contributed by atoms with Gasteiger partial charge in [-0.2, -0.15) is 0 Å². The fourth-order valence-corrected chi connectivity index (χ4v) is 4.53. The van der Waals surface area contributed by atoms with E-state index in [-0.39, 0.29) is 0 Å². The quantitative estimate of drug-likeness (QED) is 0.707. The first-order valence-electron chi connectivity index (χ1n) is 9.88. The van der Waals surface area contributed by atoms with Gasteiger partial charge in [0.15, 0.2) is 0 Å². The molecule has 0 atom stereocenters. The Morgan fingerprint density at radius 3 is 2.15 bits per heavy atom. The van der Waals surface area contributed by atoms with E-state index in [1.54, 1.807) is 0 Å². The molecule has 5 rings (SSSR count). The Hall–Kier alpha value is -2.49. The van der Waals surface area contributed by atoms with Gasteiger partial charge in [-0.15, -0.1) is 0 Å². The van der Waals surface area contributed by atoms with Gasteiger partial charge in [0.25, 0.3) is 0 Å². The maximum Gasteiger partial charge on any atom is 0.0602 e. The minimum absolute atomic E-state index is 0.349. The van der Waals surface area contributed by atoms with Crippen molar-refractivity contribution in [3.63, 3.8) is 0 Å². The molecule has 1 aromatic heterocycles. The van der Waals surface area contributed by atoms with E-state index < -0.39 is 0 Å². The van der Waals surface area contributed by atoms with Gasteiger partial charge in [0.1, 0.15) is 0 Å². The first-order valence-corrected chi connectivity index (χ1v) is 9.88. The number of hydrogen-bond acceptors (Lipinski definition) is 3. The van der Waals surface area contributed by atoms with E-state index in [9.17, 15) is 0 Å². The first kappa shape index (κ1) is 16.7. The lowest BCUT2D eigenvalue weighted by Crippen LogP contribution is -2.60. The number of pyridine rings is 1. The van der Waals surface area contributed by atoms with Gasteiger partial charge >= 0.3 is 0 Å². The van der Waals surface area contributed by atoms with Crippen molar-refractivity contribution < 1.29 is 0 Å². The Morgan fingerprint density at radius 2 is 1.48 bits per heavy atom. The highest BCUT2D eigenvalue weighted by Crippen LogP contribution is 2.34. The number of rotatable bonds is 4. The molecule has 3 nitrogen and oxygen atoms in total. The molecule has 1 fully saturated rings. The van der Waals surface area contributed by atoms with Crippen LogP contribution in [0.4, 0.5) is 0 Å². The molecular formula is C24H25N3. The van der Waals surface area contributed by atoms with Crippen LogP contribution in [0, 0.1) is 0 Å². The second-order valence-electron chi connectivity index (χ2n) is 7.70. The van der Waals surface area contributed by atoms with Crippen LogP contribution in [0.25, 0.3) is 0 Å². The van der Waals surface area contributed by atoms with Gasteiger partial charge in [0, 0.05) is 44.6 Å². The number of likely N-dealkylation sites (tertiary alicyclic amines) is 1. The minimum Gasteiger partial charge on any atom is -0.293 e. The molecule has 0 bridgehead atoms. The molecule has 3 heterocycles. The molecule has 1 saturated heterocycles. The molecule has 0 saturated carbocycles. The van der Waals surface area contributed by atoms with Crippen molar-refractivity contribution in [3.05, 3.63) is 101 Å². The SMILES string of the molecule is c1ccc(C(c2ccccc2)N2CC(N3CCc4ccncc4C3)C2)cc1. The standard InChI is InChI=1S/C24H25N3/c1-3-7-20(8-4-1)24(21-9-5-2-6-10-21)27-17-23(18-27)26-14-12-19-11-13-25-15-22(19)16-26/h1-11,13,15,23-24H,12,14,16-18H2. The molecule has 0 spiro atoms. The van der Waals surface area contributed by atoms with Crippen molar-refractivity contribution in [3.8, 4) is 0 Å². The summed E-state index contributed by atoms with van der Waals surface area (Å²) in [6.07, 6.45) is 5.12. The van der Waals surface area contributed by atoms with Gasteiger partial charge in [-0.1, -0.05) is 60.7 Å². The third-order valence-electron chi connectivity index (χ3n) is 6.05. The number of benzene rings is 2. The van der Waals surface area contributed by atoms with Crippen molar-refractivity contribution in [2.24, 2.45) is 0 Å². The van der Waals surface area contributed by atoms with Crippen molar-refractivity contribution in [2.75, 3.05) is 19.6 Å². The van der Waals surface area contributed by atoms with E-state index in [1.807, 2.05) is 6.20 Å². The van der Waals surface area contributed by atoms with E-state index in [2.05, 4.69) is 87.7 Å². The smallest absolute Gasteiger partial charge is 0.0602 e. The van der Waals surface area contributed by atoms with E-state index in [0.717, 1.165) is 32.6 Å². The van der Waals surface area contributed by atoms with Crippen molar-refractivity contribution in [1.29, 1.82) is 0 Å². The molecule has 3 heteroatoms. The second-order valence-corrected chi connectivity index (χ2v) is 7.70. The van der Waals surface area contributed by atoms with Gasteiger partial charge in [0.05, 0.1) is 6.04 Å². The molecule has 0 amide bonds. The highest BCUT2D eigenvalue weighted by atomic mass is 15.3. The van der Waals surface area contributed by atoms with Gasteiger partial charge < -0.3 is 0 Å². The summed E-state index contributed by atoms with van der Waals surface area (Å²) in [6.45, 7) is 4.47. The summed E-state index contributed by atoms with van der Waals surface area (Å²) in [7, 11) is 0. The Balaban J connectivity index is 1.32. The molecule has 27 heavy (non-hydrogen) atoms. The predicted molar refractivity (Wildman–Crippen MR) is 108 cm³/mol. The monoisotopic (exact) mass is 355 g/mol. The Labute approximate surface area is 161 Å². The van der Waals surface area contributed by atoms with Gasteiger partial charge in [-0.25, -0.2) is 0 Å². The summed E-state index contributed by atoms with van der Waals surface area (Å²) in [6, 6.07) is 25.0. The van der Waals surface area contributed by atoms with Crippen LogP contribution >= 0.6 is 0 Å². The Morgan fingerprint density at radius 1 is 0.815 bits per heavy atom. The second kappa shape index (κ2) is 7.26. The Kier molecular flexibility index (Phi) is 4.48. The topological polar surface area (TPSA) is 19.4 Å². The van der Waals surface area contributed by atoms with Crippen LogP contribution in [0.5, 0.6) is 0 Å². The van der Waals surface area contributed by atoms with Crippen molar-refractivity contribution in [1.82, 2.24) is 14.8 Å². The lowest BCUT2D eigenvalue weighted by atomic mass is 9.91. The predicted octanol–water partition coefficient (Wildman–Crippen LogP) is 3.91.